The van der Waals surface area contributed by atoms with Crippen LogP contribution in [-0.4, -0.2) is 17.0 Å². The Morgan fingerprint density at radius 3 is 2.82 bits per heavy atom. The fourth-order valence-corrected chi connectivity index (χ4v) is 2.71. The second kappa shape index (κ2) is 7.49. The zero-order chi connectivity index (χ0) is 20.3. The third-order valence-corrected chi connectivity index (χ3v) is 4.14. The maximum atomic E-state index is 11.4. The van der Waals surface area contributed by atoms with Crippen molar-refractivity contribution in [3.05, 3.63) is 68.2 Å². The topological polar surface area (TPSA) is 150 Å². The molecule has 0 aliphatic heterocycles. The first kappa shape index (κ1) is 18.4. The third-order valence-electron chi connectivity index (χ3n) is 4.14. The second-order valence-corrected chi connectivity index (χ2v) is 5.77. The molecule has 0 saturated carbocycles. The van der Waals surface area contributed by atoms with Crippen LogP contribution in [0.15, 0.2) is 41.6 Å². The molecule has 0 fully saturated rings. The van der Waals surface area contributed by atoms with Gasteiger partial charge in [0, 0.05) is 34.3 Å². The van der Waals surface area contributed by atoms with Crippen molar-refractivity contribution in [2.45, 2.75) is 6.92 Å². The van der Waals surface area contributed by atoms with E-state index in [4.69, 9.17) is 10.3 Å². The molecule has 3 aromatic rings. The van der Waals surface area contributed by atoms with Crippen molar-refractivity contribution in [3.8, 4) is 11.8 Å². The number of anilines is 2. The highest BCUT2D eigenvalue weighted by Gasteiger charge is 2.19. The van der Waals surface area contributed by atoms with E-state index in [9.17, 15) is 15.4 Å². The molecule has 1 aromatic heterocycles. The number of azide groups is 1. The van der Waals surface area contributed by atoms with Crippen molar-refractivity contribution in [2.24, 2.45) is 5.11 Å². The Balaban J connectivity index is 2.28. The molecule has 28 heavy (non-hydrogen) atoms. The second-order valence-electron chi connectivity index (χ2n) is 5.77. The average molecular weight is 375 g/mol. The van der Waals surface area contributed by atoms with E-state index in [1.54, 1.807) is 12.1 Å². The average Bonchev–Trinajstić information content (AvgIpc) is 2.69. The molecule has 0 amide bonds. The summed E-state index contributed by atoms with van der Waals surface area (Å²) < 4.78 is 5.23. The molecule has 1 heterocycles. The van der Waals surface area contributed by atoms with Gasteiger partial charge in [0.1, 0.15) is 17.5 Å². The molecule has 1 N–H and O–H groups in total. The van der Waals surface area contributed by atoms with Crippen LogP contribution in [-0.2, 0) is 0 Å². The molecule has 0 radical (unpaired) electrons. The zero-order valence-corrected chi connectivity index (χ0v) is 14.9. The lowest BCUT2D eigenvalue weighted by Gasteiger charge is -2.14. The molecule has 0 saturated heterocycles. The van der Waals surface area contributed by atoms with E-state index >= 15 is 0 Å². The predicted octanol–water partition coefficient (Wildman–Crippen LogP) is 5.02. The molecule has 0 aliphatic rings. The Hall–Kier alpha value is -4.35. The quantitative estimate of drug-likeness (QED) is 0.217. The summed E-state index contributed by atoms with van der Waals surface area (Å²) in [7, 11) is 1.54. The number of benzene rings is 2. The monoisotopic (exact) mass is 375 g/mol. The van der Waals surface area contributed by atoms with E-state index in [2.05, 4.69) is 20.3 Å². The number of pyridine rings is 1. The lowest BCUT2D eigenvalue weighted by atomic mass is 10.1. The number of hydrogen-bond acceptors (Lipinski definition) is 7. The summed E-state index contributed by atoms with van der Waals surface area (Å²) in [5.74, 6) is 0.613. The summed E-state index contributed by atoms with van der Waals surface area (Å²) in [6, 6.07) is 10.00. The van der Waals surface area contributed by atoms with Crippen LogP contribution < -0.4 is 10.1 Å². The van der Waals surface area contributed by atoms with Gasteiger partial charge in [-0.05, 0) is 30.2 Å². The summed E-state index contributed by atoms with van der Waals surface area (Å²) >= 11 is 0. The fourth-order valence-electron chi connectivity index (χ4n) is 2.71. The van der Waals surface area contributed by atoms with Crippen LogP contribution in [0.1, 0.15) is 11.1 Å². The van der Waals surface area contributed by atoms with Gasteiger partial charge in [-0.25, -0.2) is 0 Å². The van der Waals surface area contributed by atoms with Gasteiger partial charge < -0.3 is 10.1 Å². The normalized spacial score (nSPS) is 10.0. The van der Waals surface area contributed by atoms with Gasteiger partial charge in [-0.2, -0.15) is 5.26 Å². The van der Waals surface area contributed by atoms with E-state index in [0.717, 1.165) is 5.56 Å². The number of ether oxygens (including phenoxy) is 1. The van der Waals surface area contributed by atoms with Gasteiger partial charge in [0.15, 0.2) is 0 Å². The van der Waals surface area contributed by atoms with E-state index < -0.39 is 4.92 Å². The fraction of sp³-hybridized carbons (Fsp3) is 0.111. The van der Waals surface area contributed by atoms with E-state index in [-0.39, 0.29) is 16.9 Å². The Morgan fingerprint density at radius 1 is 1.39 bits per heavy atom. The summed E-state index contributed by atoms with van der Waals surface area (Å²) in [4.78, 5) is 17.5. The number of nitro groups is 1. The predicted molar refractivity (Wildman–Crippen MR) is 103 cm³/mol. The van der Waals surface area contributed by atoms with Crippen molar-refractivity contribution in [1.29, 1.82) is 5.26 Å². The SMILES string of the molecule is COc1ccc(C)c(Nc2c(C#N)cnc3cc(N=[N+]=[N-])c([N+](=O)[O-])cc23)c1. The number of nitriles is 1. The van der Waals surface area contributed by atoms with Crippen LogP contribution in [0.25, 0.3) is 21.3 Å². The molecule has 0 atom stereocenters. The van der Waals surface area contributed by atoms with Crippen molar-refractivity contribution in [3.63, 3.8) is 0 Å². The first-order valence-corrected chi connectivity index (χ1v) is 7.96. The Kier molecular flexibility index (Phi) is 4.93. The zero-order valence-electron chi connectivity index (χ0n) is 14.9. The van der Waals surface area contributed by atoms with Gasteiger partial charge in [0.25, 0.3) is 5.69 Å². The van der Waals surface area contributed by atoms with Gasteiger partial charge in [0.2, 0.25) is 0 Å². The summed E-state index contributed by atoms with van der Waals surface area (Å²) in [5, 5.41) is 27.8. The van der Waals surface area contributed by atoms with Gasteiger partial charge in [-0.1, -0.05) is 11.2 Å². The van der Waals surface area contributed by atoms with E-state index in [1.165, 1.54) is 25.4 Å². The van der Waals surface area contributed by atoms with Gasteiger partial charge in [0.05, 0.1) is 28.8 Å². The number of hydrogen-bond donors (Lipinski definition) is 1. The van der Waals surface area contributed by atoms with Crippen LogP contribution in [0.4, 0.5) is 22.7 Å². The minimum absolute atomic E-state index is 0.152. The van der Waals surface area contributed by atoms with E-state index in [1.807, 2.05) is 19.1 Å². The molecule has 2 aromatic carbocycles. The molecule has 138 valence electrons. The summed E-state index contributed by atoms with van der Waals surface area (Å²) in [5.41, 5.74) is 10.6. The Morgan fingerprint density at radius 2 is 2.18 bits per heavy atom. The molecular formula is C18H13N7O3. The molecule has 0 unspecified atom stereocenters. The molecule has 3 rings (SSSR count). The molecule has 10 nitrogen and oxygen atoms in total. The van der Waals surface area contributed by atoms with Crippen molar-refractivity contribution < 1.29 is 9.66 Å². The lowest BCUT2D eigenvalue weighted by molar-refractivity contribution is -0.383. The van der Waals surface area contributed by atoms with Crippen LogP contribution in [0.3, 0.4) is 0 Å². The van der Waals surface area contributed by atoms with Gasteiger partial charge in [-0.3, -0.25) is 15.1 Å². The number of nitro benzene ring substituents is 1. The molecule has 0 spiro atoms. The number of nitrogens with one attached hydrogen (secondary N) is 1. The Bertz CT molecular complexity index is 1190. The van der Waals surface area contributed by atoms with Gasteiger partial charge in [-0.15, -0.1) is 0 Å². The van der Waals surface area contributed by atoms with Crippen LogP contribution in [0.5, 0.6) is 5.75 Å². The highest BCUT2D eigenvalue weighted by molar-refractivity contribution is 5.99. The van der Waals surface area contributed by atoms with Gasteiger partial charge >= 0.3 is 0 Å². The van der Waals surface area contributed by atoms with Crippen LogP contribution in [0, 0.1) is 28.4 Å². The summed E-state index contributed by atoms with van der Waals surface area (Å²) in [6.07, 6.45) is 1.35. The first-order valence-electron chi connectivity index (χ1n) is 7.96. The third kappa shape index (κ3) is 3.33. The highest BCUT2D eigenvalue weighted by atomic mass is 16.6. The number of methoxy groups -OCH3 is 1. The lowest BCUT2D eigenvalue weighted by Crippen LogP contribution is -2.00. The number of rotatable bonds is 5. The first-order chi connectivity index (χ1) is 13.5. The van der Waals surface area contributed by atoms with Crippen molar-refractivity contribution >= 4 is 33.7 Å². The maximum absolute atomic E-state index is 11.4. The minimum Gasteiger partial charge on any atom is -0.497 e. The summed E-state index contributed by atoms with van der Waals surface area (Å²) in [6.45, 7) is 1.87. The number of fused-ring (bicyclic) bond motifs is 1. The molecule has 0 bridgehead atoms. The molecule has 0 aliphatic carbocycles. The number of aryl methyl sites for hydroxylation is 1. The van der Waals surface area contributed by atoms with Crippen molar-refractivity contribution in [2.75, 3.05) is 12.4 Å². The minimum atomic E-state index is -0.650. The maximum Gasteiger partial charge on any atom is 0.279 e. The highest BCUT2D eigenvalue weighted by Crippen LogP contribution is 2.38. The van der Waals surface area contributed by atoms with Crippen molar-refractivity contribution in [1.82, 2.24) is 4.98 Å². The smallest absolute Gasteiger partial charge is 0.279 e. The molecular weight excluding hydrogens is 362 g/mol. The standard InChI is InChI=1S/C18H13N7O3/c1-10-3-4-12(28-2)5-14(10)22-18-11(8-19)9-21-15-7-16(23-24-20)17(25(26)27)6-13(15)18/h3-7,9H,1-2H3,(H,21,22). The number of nitrogens with zero attached hydrogens (tertiary/aromatic N) is 6. The van der Waals surface area contributed by atoms with Crippen LogP contribution in [0.2, 0.25) is 0 Å². The van der Waals surface area contributed by atoms with E-state index in [0.29, 0.717) is 28.0 Å². The Labute approximate surface area is 158 Å². The largest absolute Gasteiger partial charge is 0.497 e. The number of aromatic nitrogens is 1. The molecule has 10 heteroatoms. The van der Waals surface area contributed by atoms with Crippen LogP contribution >= 0.6 is 0 Å².